The van der Waals surface area contributed by atoms with Gasteiger partial charge in [-0.2, -0.15) is 5.10 Å². The van der Waals surface area contributed by atoms with Crippen LogP contribution in [0.3, 0.4) is 0 Å². The van der Waals surface area contributed by atoms with E-state index in [9.17, 15) is 4.79 Å². The largest absolute Gasteiger partial charge is 0.311 e. The van der Waals surface area contributed by atoms with Gasteiger partial charge >= 0.3 is 0 Å². The summed E-state index contributed by atoms with van der Waals surface area (Å²) < 4.78 is 0. The summed E-state index contributed by atoms with van der Waals surface area (Å²) in [6, 6.07) is 11.9. The molecule has 28 heavy (non-hydrogen) atoms. The number of anilines is 1. The number of para-hydroxylation sites is 1. The van der Waals surface area contributed by atoms with Crippen LogP contribution in [0.2, 0.25) is 0 Å². The number of carbonyl (C=O) groups excluding carboxylic acids is 1. The molecule has 6 heteroatoms. The van der Waals surface area contributed by atoms with Gasteiger partial charge < -0.3 is 10.2 Å². The second-order valence-corrected chi connectivity index (χ2v) is 8.22. The van der Waals surface area contributed by atoms with Crippen molar-refractivity contribution in [3.8, 4) is 11.3 Å². The topological polar surface area (TPSA) is 73.9 Å². The maximum absolute atomic E-state index is 12.8. The van der Waals surface area contributed by atoms with Crippen LogP contribution in [0.4, 0.5) is 5.82 Å². The molecule has 1 fully saturated rings. The molecule has 0 saturated carbocycles. The lowest BCUT2D eigenvalue weighted by Crippen LogP contribution is -2.34. The van der Waals surface area contributed by atoms with E-state index in [2.05, 4.69) is 31.5 Å². The lowest BCUT2D eigenvalue weighted by Gasteiger charge is -2.26. The molecule has 1 saturated heterocycles. The van der Waals surface area contributed by atoms with Crippen LogP contribution in [-0.4, -0.2) is 45.6 Å². The Morgan fingerprint density at radius 1 is 1.21 bits per heavy atom. The molecule has 6 nitrogen and oxygen atoms in total. The summed E-state index contributed by atoms with van der Waals surface area (Å²) in [4.78, 5) is 19.7. The van der Waals surface area contributed by atoms with E-state index in [-0.39, 0.29) is 5.91 Å². The normalized spacial score (nSPS) is 15.2. The van der Waals surface area contributed by atoms with Crippen molar-refractivity contribution in [2.45, 2.75) is 33.1 Å². The number of nitrogens with zero attached hydrogens (tertiary/aromatic N) is 3. The SMILES string of the molecule is CC(C)(CCN1CCCC1)C(=O)Nc1cc(-c2cnc3ccccc3c2)n[nH]1. The molecule has 0 spiro atoms. The lowest BCUT2D eigenvalue weighted by molar-refractivity contribution is -0.124. The number of fused-ring (bicyclic) bond motifs is 1. The van der Waals surface area contributed by atoms with Crippen LogP contribution in [0.1, 0.15) is 33.1 Å². The Balaban J connectivity index is 1.42. The Bertz CT molecular complexity index is 972. The van der Waals surface area contributed by atoms with Crippen molar-refractivity contribution in [1.82, 2.24) is 20.1 Å². The highest BCUT2D eigenvalue weighted by Gasteiger charge is 2.29. The summed E-state index contributed by atoms with van der Waals surface area (Å²) >= 11 is 0. The van der Waals surface area contributed by atoms with E-state index >= 15 is 0 Å². The Hall–Kier alpha value is -2.73. The highest BCUT2D eigenvalue weighted by molar-refractivity contribution is 5.94. The Morgan fingerprint density at radius 3 is 2.82 bits per heavy atom. The number of nitrogens with one attached hydrogen (secondary N) is 2. The van der Waals surface area contributed by atoms with Gasteiger partial charge in [0.2, 0.25) is 5.91 Å². The second kappa shape index (κ2) is 7.72. The summed E-state index contributed by atoms with van der Waals surface area (Å²) in [5.41, 5.74) is 2.21. The number of rotatable bonds is 6. The van der Waals surface area contributed by atoms with E-state index in [0.29, 0.717) is 5.82 Å². The molecular weight excluding hydrogens is 350 g/mol. The first-order valence-electron chi connectivity index (χ1n) is 9.96. The number of benzene rings is 1. The smallest absolute Gasteiger partial charge is 0.231 e. The van der Waals surface area contributed by atoms with E-state index in [0.717, 1.165) is 48.2 Å². The minimum absolute atomic E-state index is 0.0125. The number of carbonyl (C=O) groups is 1. The summed E-state index contributed by atoms with van der Waals surface area (Å²) in [5, 5.41) is 11.3. The molecule has 2 aromatic heterocycles. The van der Waals surface area contributed by atoms with Crippen LogP contribution in [0.25, 0.3) is 22.2 Å². The number of H-pyrrole nitrogens is 1. The monoisotopic (exact) mass is 377 g/mol. The third kappa shape index (κ3) is 4.07. The van der Waals surface area contributed by atoms with Gasteiger partial charge in [0.25, 0.3) is 0 Å². The quantitative estimate of drug-likeness (QED) is 0.679. The minimum atomic E-state index is -0.432. The van der Waals surface area contributed by atoms with Gasteiger partial charge in [-0.3, -0.25) is 14.9 Å². The highest BCUT2D eigenvalue weighted by Crippen LogP contribution is 2.26. The molecule has 2 N–H and O–H groups in total. The molecule has 3 heterocycles. The van der Waals surface area contributed by atoms with E-state index in [1.165, 1.54) is 12.8 Å². The van der Waals surface area contributed by atoms with Crippen molar-refractivity contribution in [3.63, 3.8) is 0 Å². The maximum Gasteiger partial charge on any atom is 0.231 e. The predicted octanol–water partition coefficient (Wildman–Crippen LogP) is 4.08. The molecule has 1 aliphatic rings. The van der Waals surface area contributed by atoms with Crippen LogP contribution >= 0.6 is 0 Å². The Labute approximate surface area is 165 Å². The number of hydrogen-bond donors (Lipinski definition) is 2. The van der Waals surface area contributed by atoms with Gasteiger partial charge in [-0.05, 0) is 51.0 Å². The fourth-order valence-electron chi connectivity index (χ4n) is 3.59. The zero-order valence-corrected chi connectivity index (χ0v) is 16.5. The third-order valence-corrected chi connectivity index (χ3v) is 5.58. The number of aromatic amines is 1. The van der Waals surface area contributed by atoms with E-state index in [1.807, 2.05) is 50.4 Å². The van der Waals surface area contributed by atoms with Crippen molar-refractivity contribution in [1.29, 1.82) is 0 Å². The first-order chi connectivity index (χ1) is 13.5. The zero-order chi connectivity index (χ0) is 19.6. The predicted molar refractivity (Wildman–Crippen MR) is 112 cm³/mol. The summed E-state index contributed by atoms with van der Waals surface area (Å²) in [5.74, 6) is 0.626. The molecule has 0 bridgehead atoms. The lowest BCUT2D eigenvalue weighted by atomic mass is 9.88. The molecule has 3 aromatic rings. The van der Waals surface area contributed by atoms with Crippen molar-refractivity contribution >= 4 is 22.6 Å². The number of hydrogen-bond acceptors (Lipinski definition) is 4. The second-order valence-electron chi connectivity index (χ2n) is 8.22. The Kier molecular flexibility index (Phi) is 5.13. The molecular formula is C22H27N5O. The highest BCUT2D eigenvalue weighted by atomic mass is 16.2. The zero-order valence-electron chi connectivity index (χ0n) is 16.5. The summed E-state index contributed by atoms with van der Waals surface area (Å²) in [6.07, 6.45) is 5.19. The van der Waals surface area contributed by atoms with Crippen LogP contribution < -0.4 is 5.32 Å². The minimum Gasteiger partial charge on any atom is -0.311 e. The number of pyridine rings is 1. The molecule has 1 amide bonds. The fraction of sp³-hybridized carbons (Fsp3) is 0.409. The first kappa shape index (κ1) is 18.6. The van der Waals surface area contributed by atoms with Crippen molar-refractivity contribution < 1.29 is 4.79 Å². The summed E-state index contributed by atoms with van der Waals surface area (Å²) in [6.45, 7) is 7.28. The molecule has 0 aliphatic carbocycles. The fourth-order valence-corrected chi connectivity index (χ4v) is 3.59. The van der Waals surface area contributed by atoms with Crippen LogP contribution in [0, 0.1) is 5.41 Å². The molecule has 0 radical (unpaired) electrons. The van der Waals surface area contributed by atoms with Gasteiger partial charge in [0.05, 0.1) is 11.2 Å². The average molecular weight is 377 g/mol. The molecule has 0 unspecified atom stereocenters. The van der Waals surface area contributed by atoms with Gasteiger partial charge in [-0.25, -0.2) is 0 Å². The van der Waals surface area contributed by atoms with Gasteiger partial charge in [0, 0.05) is 28.6 Å². The van der Waals surface area contributed by atoms with E-state index in [1.54, 1.807) is 0 Å². The van der Waals surface area contributed by atoms with Crippen molar-refractivity contribution in [2.75, 3.05) is 25.0 Å². The average Bonchev–Trinajstić information content (AvgIpc) is 3.38. The maximum atomic E-state index is 12.8. The van der Waals surface area contributed by atoms with Gasteiger partial charge in [-0.15, -0.1) is 0 Å². The van der Waals surface area contributed by atoms with Gasteiger partial charge in [0.1, 0.15) is 5.82 Å². The van der Waals surface area contributed by atoms with Gasteiger partial charge in [0.15, 0.2) is 0 Å². The third-order valence-electron chi connectivity index (χ3n) is 5.58. The molecule has 0 atom stereocenters. The van der Waals surface area contributed by atoms with Crippen LogP contribution in [0.15, 0.2) is 42.6 Å². The number of amides is 1. The van der Waals surface area contributed by atoms with Crippen LogP contribution in [0.5, 0.6) is 0 Å². The van der Waals surface area contributed by atoms with Gasteiger partial charge in [-0.1, -0.05) is 32.0 Å². The van der Waals surface area contributed by atoms with Crippen LogP contribution in [-0.2, 0) is 4.79 Å². The molecule has 4 rings (SSSR count). The first-order valence-corrected chi connectivity index (χ1v) is 9.96. The van der Waals surface area contributed by atoms with Crippen molar-refractivity contribution in [3.05, 3.63) is 42.6 Å². The van der Waals surface area contributed by atoms with E-state index < -0.39 is 5.41 Å². The van der Waals surface area contributed by atoms with E-state index in [4.69, 9.17) is 0 Å². The number of likely N-dealkylation sites (tertiary alicyclic amines) is 1. The standard InChI is InChI=1S/C22H27N5O/c1-22(2,9-12-27-10-5-6-11-27)21(28)24-20-14-19(25-26-20)17-13-16-7-3-4-8-18(16)23-15-17/h3-4,7-8,13-15H,5-6,9-12H2,1-2H3,(H2,24,25,26,28). The Morgan fingerprint density at radius 2 is 2.00 bits per heavy atom. The molecule has 146 valence electrons. The number of aromatic nitrogens is 3. The molecule has 1 aliphatic heterocycles. The molecule has 1 aromatic carbocycles. The van der Waals surface area contributed by atoms with Crippen molar-refractivity contribution in [2.24, 2.45) is 5.41 Å². The summed E-state index contributed by atoms with van der Waals surface area (Å²) in [7, 11) is 0.